The Labute approximate surface area is 90.0 Å². The van der Waals surface area contributed by atoms with Crippen LogP contribution >= 0.6 is 15.9 Å². The van der Waals surface area contributed by atoms with Crippen LogP contribution in [-0.2, 0) is 0 Å². The van der Waals surface area contributed by atoms with Crippen molar-refractivity contribution in [2.75, 3.05) is 11.9 Å². The summed E-state index contributed by atoms with van der Waals surface area (Å²) in [5, 5.41) is 2.90. The van der Waals surface area contributed by atoms with Gasteiger partial charge in [0.15, 0.2) is 0 Å². The SMILES string of the molecule is C=CCCNc1cc(F)cc(F)c1Br. The van der Waals surface area contributed by atoms with Gasteiger partial charge in [-0.3, -0.25) is 0 Å². The lowest BCUT2D eigenvalue weighted by Gasteiger charge is -2.07. The van der Waals surface area contributed by atoms with Gasteiger partial charge in [-0.2, -0.15) is 0 Å². The lowest BCUT2D eigenvalue weighted by atomic mass is 10.3. The van der Waals surface area contributed by atoms with Gasteiger partial charge in [0.1, 0.15) is 11.6 Å². The first-order valence-electron chi connectivity index (χ1n) is 4.14. The second kappa shape index (κ2) is 5.10. The third-order valence-corrected chi connectivity index (χ3v) is 2.46. The van der Waals surface area contributed by atoms with E-state index in [0.29, 0.717) is 12.2 Å². The Hall–Kier alpha value is -0.900. The Morgan fingerprint density at radius 3 is 2.79 bits per heavy atom. The molecule has 0 bridgehead atoms. The molecule has 0 aliphatic heterocycles. The Morgan fingerprint density at radius 1 is 1.43 bits per heavy atom. The maximum absolute atomic E-state index is 13.0. The summed E-state index contributed by atoms with van der Waals surface area (Å²) in [5.74, 6) is -1.20. The molecule has 0 aliphatic rings. The molecule has 14 heavy (non-hydrogen) atoms. The number of nitrogens with one attached hydrogen (secondary N) is 1. The van der Waals surface area contributed by atoms with Gasteiger partial charge in [-0.1, -0.05) is 6.08 Å². The van der Waals surface area contributed by atoms with Gasteiger partial charge >= 0.3 is 0 Å². The first kappa shape index (κ1) is 11.2. The summed E-state index contributed by atoms with van der Waals surface area (Å²) in [6.45, 7) is 4.15. The van der Waals surface area contributed by atoms with Gasteiger partial charge in [0, 0.05) is 12.6 Å². The van der Waals surface area contributed by atoms with Crippen LogP contribution in [0.5, 0.6) is 0 Å². The molecule has 0 saturated heterocycles. The fourth-order valence-corrected chi connectivity index (χ4v) is 1.36. The minimum absolute atomic E-state index is 0.253. The predicted molar refractivity (Wildman–Crippen MR) is 57.4 cm³/mol. The molecule has 0 amide bonds. The minimum Gasteiger partial charge on any atom is -0.384 e. The van der Waals surface area contributed by atoms with Gasteiger partial charge in [0.2, 0.25) is 0 Å². The van der Waals surface area contributed by atoms with Crippen molar-refractivity contribution in [2.24, 2.45) is 0 Å². The molecule has 1 aromatic rings. The molecule has 0 unspecified atom stereocenters. The van der Waals surface area contributed by atoms with E-state index < -0.39 is 11.6 Å². The molecule has 0 spiro atoms. The highest BCUT2D eigenvalue weighted by molar-refractivity contribution is 9.10. The molecule has 76 valence electrons. The third kappa shape index (κ3) is 2.80. The quantitative estimate of drug-likeness (QED) is 0.495. The highest BCUT2D eigenvalue weighted by atomic mass is 79.9. The van der Waals surface area contributed by atoms with E-state index in [-0.39, 0.29) is 4.47 Å². The zero-order chi connectivity index (χ0) is 10.6. The van der Waals surface area contributed by atoms with Crippen LogP contribution in [0.1, 0.15) is 6.42 Å². The van der Waals surface area contributed by atoms with Gasteiger partial charge < -0.3 is 5.32 Å². The van der Waals surface area contributed by atoms with Gasteiger partial charge in [-0.15, -0.1) is 6.58 Å². The minimum atomic E-state index is -0.605. The molecule has 1 N–H and O–H groups in total. The van der Waals surface area contributed by atoms with Crippen molar-refractivity contribution in [1.29, 1.82) is 0 Å². The number of halogens is 3. The first-order valence-corrected chi connectivity index (χ1v) is 4.93. The van der Waals surface area contributed by atoms with E-state index in [9.17, 15) is 8.78 Å². The summed E-state index contributed by atoms with van der Waals surface area (Å²) >= 11 is 3.04. The second-order valence-corrected chi connectivity index (χ2v) is 3.55. The highest BCUT2D eigenvalue weighted by Gasteiger charge is 2.07. The topological polar surface area (TPSA) is 12.0 Å². The Kier molecular flexibility index (Phi) is 4.07. The average Bonchev–Trinajstić information content (AvgIpc) is 2.13. The smallest absolute Gasteiger partial charge is 0.142 e. The molecular weight excluding hydrogens is 252 g/mol. The van der Waals surface area contributed by atoms with Gasteiger partial charge in [-0.25, -0.2) is 8.78 Å². The summed E-state index contributed by atoms with van der Waals surface area (Å²) in [6.07, 6.45) is 2.47. The first-order chi connectivity index (χ1) is 6.65. The van der Waals surface area contributed by atoms with Crippen molar-refractivity contribution in [3.63, 3.8) is 0 Å². The van der Waals surface area contributed by atoms with E-state index in [2.05, 4.69) is 27.8 Å². The van der Waals surface area contributed by atoms with Gasteiger partial charge in [0.25, 0.3) is 0 Å². The Balaban J connectivity index is 2.79. The predicted octanol–water partition coefficient (Wildman–Crippen LogP) is 3.72. The van der Waals surface area contributed by atoms with E-state index in [0.717, 1.165) is 12.5 Å². The molecule has 1 nitrogen and oxygen atoms in total. The van der Waals surface area contributed by atoms with Crippen LogP contribution in [0.4, 0.5) is 14.5 Å². The third-order valence-electron chi connectivity index (χ3n) is 1.66. The van der Waals surface area contributed by atoms with Crippen LogP contribution in [0, 0.1) is 11.6 Å². The lowest BCUT2D eigenvalue weighted by Crippen LogP contribution is -2.02. The molecule has 0 atom stereocenters. The molecule has 0 aliphatic carbocycles. The van der Waals surface area contributed by atoms with E-state index in [1.54, 1.807) is 6.08 Å². The molecule has 4 heteroatoms. The van der Waals surface area contributed by atoms with E-state index in [1.165, 1.54) is 6.07 Å². The Bertz CT molecular complexity index is 339. The summed E-state index contributed by atoms with van der Waals surface area (Å²) < 4.78 is 26.1. The molecule has 0 radical (unpaired) electrons. The zero-order valence-electron chi connectivity index (χ0n) is 7.49. The monoisotopic (exact) mass is 261 g/mol. The molecule has 1 aromatic carbocycles. The lowest BCUT2D eigenvalue weighted by molar-refractivity contribution is 0.580. The number of hydrogen-bond acceptors (Lipinski definition) is 1. The average molecular weight is 262 g/mol. The fraction of sp³-hybridized carbons (Fsp3) is 0.200. The van der Waals surface area contributed by atoms with Crippen molar-refractivity contribution in [2.45, 2.75) is 6.42 Å². The van der Waals surface area contributed by atoms with E-state index >= 15 is 0 Å². The molecular formula is C10H10BrF2N. The summed E-state index contributed by atoms with van der Waals surface area (Å²) in [6, 6.07) is 2.08. The molecule has 1 rings (SSSR count). The molecule has 0 heterocycles. The van der Waals surface area contributed by atoms with Crippen molar-refractivity contribution in [3.8, 4) is 0 Å². The molecule has 0 fully saturated rings. The van der Waals surface area contributed by atoms with Crippen LogP contribution in [0.3, 0.4) is 0 Å². The number of rotatable bonds is 4. The maximum atomic E-state index is 13.0. The van der Waals surface area contributed by atoms with Crippen LogP contribution in [0.25, 0.3) is 0 Å². The molecule has 0 saturated carbocycles. The van der Waals surface area contributed by atoms with Crippen molar-refractivity contribution >= 4 is 21.6 Å². The second-order valence-electron chi connectivity index (χ2n) is 2.75. The Morgan fingerprint density at radius 2 is 2.14 bits per heavy atom. The summed E-state index contributed by atoms with van der Waals surface area (Å²) in [4.78, 5) is 0. The maximum Gasteiger partial charge on any atom is 0.142 e. The molecule has 0 aromatic heterocycles. The largest absolute Gasteiger partial charge is 0.384 e. The fourth-order valence-electron chi connectivity index (χ4n) is 0.994. The summed E-state index contributed by atoms with van der Waals surface area (Å²) in [5.41, 5.74) is 0.421. The van der Waals surface area contributed by atoms with Crippen molar-refractivity contribution in [3.05, 3.63) is 40.9 Å². The van der Waals surface area contributed by atoms with Crippen LogP contribution in [0.2, 0.25) is 0 Å². The number of anilines is 1. The van der Waals surface area contributed by atoms with Crippen LogP contribution in [0.15, 0.2) is 29.3 Å². The number of benzene rings is 1. The van der Waals surface area contributed by atoms with Gasteiger partial charge in [0.05, 0.1) is 10.2 Å². The van der Waals surface area contributed by atoms with Crippen LogP contribution in [-0.4, -0.2) is 6.54 Å². The van der Waals surface area contributed by atoms with E-state index in [1.807, 2.05) is 0 Å². The summed E-state index contributed by atoms with van der Waals surface area (Å²) in [7, 11) is 0. The van der Waals surface area contributed by atoms with Crippen molar-refractivity contribution in [1.82, 2.24) is 0 Å². The zero-order valence-corrected chi connectivity index (χ0v) is 9.07. The standard InChI is InChI=1S/C10H10BrF2N/c1-2-3-4-14-9-6-7(12)5-8(13)10(9)11/h2,5-6,14H,1,3-4H2. The normalized spacial score (nSPS) is 9.93. The van der Waals surface area contributed by atoms with Crippen molar-refractivity contribution < 1.29 is 8.78 Å². The van der Waals surface area contributed by atoms with Gasteiger partial charge in [-0.05, 0) is 28.4 Å². The highest BCUT2D eigenvalue weighted by Crippen LogP contribution is 2.26. The number of hydrogen-bond donors (Lipinski definition) is 1. The van der Waals surface area contributed by atoms with E-state index in [4.69, 9.17) is 0 Å². The van der Waals surface area contributed by atoms with Crippen LogP contribution < -0.4 is 5.32 Å².